The zero-order valence-corrected chi connectivity index (χ0v) is 17.5. The van der Waals surface area contributed by atoms with E-state index in [4.69, 9.17) is 4.74 Å². The lowest BCUT2D eigenvalue weighted by molar-refractivity contribution is 0.271. The summed E-state index contributed by atoms with van der Waals surface area (Å²) >= 11 is 0. The number of benzene rings is 1. The molecule has 0 bridgehead atoms. The molecule has 1 aromatic heterocycles. The van der Waals surface area contributed by atoms with Crippen molar-refractivity contribution < 1.29 is 4.74 Å². The second kappa shape index (κ2) is 10.9. The SMILES string of the molecule is CN=C(NCc1ccc(OCC(C)C)cc1)NCc1ncnn1C.I. The molecule has 0 fully saturated rings. The minimum absolute atomic E-state index is 0. The molecule has 7 nitrogen and oxygen atoms in total. The van der Waals surface area contributed by atoms with Crippen molar-refractivity contribution in [1.29, 1.82) is 0 Å². The van der Waals surface area contributed by atoms with E-state index in [-0.39, 0.29) is 24.0 Å². The number of guanidine groups is 1. The van der Waals surface area contributed by atoms with Gasteiger partial charge in [0.15, 0.2) is 5.96 Å². The van der Waals surface area contributed by atoms with E-state index in [2.05, 4.69) is 51.7 Å². The number of aliphatic imine (C=N–C) groups is 1. The number of rotatable bonds is 7. The van der Waals surface area contributed by atoms with Crippen molar-refractivity contribution >= 4 is 29.9 Å². The van der Waals surface area contributed by atoms with Gasteiger partial charge in [-0.2, -0.15) is 5.10 Å². The summed E-state index contributed by atoms with van der Waals surface area (Å²) in [7, 11) is 3.61. The highest BCUT2D eigenvalue weighted by Gasteiger charge is 2.03. The molecule has 0 saturated heterocycles. The molecule has 0 aliphatic carbocycles. The third kappa shape index (κ3) is 7.29. The number of nitrogens with one attached hydrogen (secondary N) is 2. The highest BCUT2D eigenvalue weighted by Crippen LogP contribution is 2.13. The van der Waals surface area contributed by atoms with Gasteiger partial charge in [-0.15, -0.1) is 24.0 Å². The number of ether oxygens (including phenoxy) is 1. The topological polar surface area (TPSA) is 76.4 Å². The fourth-order valence-electron chi connectivity index (χ4n) is 2.02. The van der Waals surface area contributed by atoms with Crippen molar-refractivity contribution in [1.82, 2.24) is 25.4 Å². The molecule has 138 valence electrons. The van der Waals surface area contributed by atoms with E-state index in [0.29, 0.717) is 19.0 Å². The van der Waals surface area contributed by atoms with Crippen LogP contribution in [0.4, 0.5) is 0 Å². The Balaban J connectivity index is 0.00000312. The molecule has 8 heteroatoms. The number of hydrogen-bond acceptors (Lipinski definition) is 4. The second-order valence-electron chi connectivity index (χ2n) is 5.93. The van der Waals surface area contributed by atoms with Crippen LogP contribution in [0.1, 0.15) is 25.2 Å². The molecule has 0 radical (unpaired) electrons. The van der Waals surface area contributed by atoms with Crippen LogP contribution in [0.2, 0.25) is 0 Å². The standard InChI is InChI=1S/C17H26N6O.HI/c1-13(2)11-24-15-7-5-14(6-8-15)9-19-17(18-3)20-10-16-21-12-22-23(16)4;/h5-8,12-13H,9-11H2,1-4H3,(H2,18,19,20);1H. The van der Waals surface area contributed by atoms with Crippen LogP contribution in [0, 0.1) is 5.92 Å². The minimum atomic E-state index is 0. The molecule has 0 saturated carbocycles. The van der Waals surface area contributed by atoms with Crippen LogP contribution in [0.5, 0.6) is 5.75 Å². The fourth-order valence-corrected chi connectivity index (χ4v) is 2.02. The second-order valence-corrected chi connectivity index (χ2v) is 5.93. The monoisotopic (exact) mass is 458 g/mol. The lowest BCUT2D eigenvalue weighted by Crippen LogP contribution is -2.36. The van der Waals surface area contributed by atoms with Crippen LogP contribution >= 0.6 is 24.0 Å². The van der Waals surface area contributed by atoms with Gasteiger partial charge >= 0.3 is 0 Å². The molecule has 0 aliphatic rings. The number of aromatic nitrogens is 3. The molecule has 0 atom stereocenters. The van der Waals surface area contributed by atoms with Crippen molar-refractivity contribution in [2.75, 3.05) is 13.7 Å². The van der Waals surface area contributed by atoms with Crippen LogP contribution in [-0.4, -0.2) is 34.4 Å². The molecule has 2 N–H and O–H groups in total. The van der Waals surface area contributed by atoms with Crippen molar-refractivity contribution in [2.24, 2.45) is 18.0 Å². The van der Waals surface area contributed by atoms with E-state index in [1.807, 2.05) is 19.2 Å². The Morgan fingerprint density at radius 2 is 1.88 bits per heavy atom. The van der Waals surface area contributed by atoms with E-state index in [0.717, 1.165) is 29.7 Å². The number of hydrogen-bond donors (Lipinski definition) is 2. The summed E-state index contributed by atoms with van der Waals surface area (Å²) in [6.07, 6.45) is 1.54. The smallest absolute Gasteiger partial charge is 0.191 e. The Morgan fingerprint density at radius 3 is 2.44 bits per heavy atom. The number of aryl methyl sites for hydroxylation is 1. The predicted molar refractivity (Wildman–Crippen MR) is 110 cm³/mol. The van der Waals surface area contributed by atoms with Crippen LogP contribution in [0.15, 0.2) is 35.6 Å². The summed E-state index contributed by atoms with van der Waals surface area (Å²) < 4.78 is 7.42. The van der Waals surface area contributed by atoms with Crippen LogP contribution in [-0.2, 0) is 20.1 Å². The third-order valence-electron chi connectivity index (χ3n) is 3.41. The van der Waals surface area contributed by atoms with Crippen LogP contribution in [0.3, 0.4) is 0 Å². The fraction of sp³-hybridized carbons (Fsp3) is 0.471. The summed E-state index contributed by atoms with van der Waals surface area (Å²) in [5.41, 5.74) is 1.16. The summed E-state index contributed by atoms with van der Waals surface area (Å²) in [5.74, 6) is 3.00. The molecular formula is C17H27IN6O. The molecular weight excluding hydrogens is 431 g/mol. The molecule has 1 heterocycles. The Bertz CT molecular complexity index is 653. The number of nitrogens with zero attached hydrogens (tertiary/aromatic N) is 4. The first-order chi connectivity index (χ1) is 11.6. The molecule has 25 heavy (non-hydrogen) atoms. The Labute approximate surface area is 166 Å². The van der Waals surface area contributed by atoms with Gasteiger partial charge in [-0.05, 0) is 23.6 Å². The molecule has 0 unspecified atom stereocenters. The van der Waals surface area contributed by atoms with Crippen molar-refractivity contribution in [3.05, 3.63) is 42.0 Å². The normalized spacial score (nSPS) is 11.2. The van der Waals surface area contributed by atoms with E-state index in [9.17, 15) is 0 Å². The zero-order chi connectivity index (χ0) is 17.4. The molecule has 0 spiro atoms. The van der Waals surface area contributed by atoms with Gasteiger partial charge in [0.2, 0.25) is 0 Å². The minimum Gasteiger partial charge on any atom is -0.493 e. The van der Waals surface area contributed by atoms with Gasteiger partial charge in [-0.1, -0.05) is 26.0 Å². The van der Waals surface area contributed by atoms with Gasteiger partial charge in [-0.25, -0.2) is 4.98 Å². The summed E-state index contributed by atoms with van der Waals surface area (Å²) in [6, 6.07) is 8.10. The first kappa shape index (κ1) is 21.2. The maximum Gasteiger partial charge on any atom is 0.191 e. The highest BCUT2D eigenvalue weighted by molar-refractivity contribution is 14.0. The van der Waals surface area contributed by atoms with Gasteiger partial charge in [0, 0.05) is 20.6 Å². The highest BCUT2D eigenvalue weighted by atomic mass is 127. The molecule has 2 rings (SSSR count). The van der Waals surface area contributed by atoms with Gasteiger partial charge in [0.25, 0.3) is 0 Å². The summed E-state index contributed by atoms with van der Waals surface area (Å²) in [4.78, 5) is 8.38. The molecule has 0 amide bonds. The number of halogens is 1. The summed E-state index contributed by atoms with van der Waals surface area (Å²) in [5, 5.41) is 10.5. The predicted octanol–water partition coefficient (Wildman–Crippen LogP) is 2.33. The van der Waals surface area contributed by atoms with Gasteiger partial charge in [0.1, 0.15) is 17.9 Å². The van der Waals surface area contributed by atoms with Gasteiger partial charge < -0.3 is 15.4 Å². The molecule has 1 aromatic carbocycles. The largest absolute Gasteiger partial charge is 0.493 e. The molecule has 0 aliphatic heterocycles. The quantitative estimate of drug-likeness (QED) is 0.379. The van der Waals surface area contributed by atoms with E-state index in [1.165, 1.54) is 6.33 Å². The maximum atomic E-state index is 5.69. The van der Waals surface area contributed by atoms with E-state index >= 15 is 0 Å². The Morgan fingerprint density at radius 1 is 1.20 bits per heavy atom. The van der Waals surface area contributed by atoms with Crippen molar-refractivity contribution in [3.63, 3.8) is 0 Å². The zero-order valence-electron chi connectivity index (χ0n) is 15.2. The van der Waals surface area contributed by atoms with Crippen LogP contribution < -0.4 is 15.4 Å². The van der Waals surface area contributed by atoms with Gasteiger partial charge in [-0.3, -0.25) is 9.67 Å². The molecule has 2 aromatic rings. The average molecular weight is 458 g/mol. The first-order valence-corrected chi connectivity index (χ1v) is 8.07. The Kier molecular flexibility index (Phi) is 9.25. The lowest BCUT2D eigenvalue weighted by Gasteiger charge is -2.12. The maximum absolute atomic E-state index is 5.69. The average Bonchev–Trinajstić information content (AvgIpc) is 2.99. The van der Waals surface area contributed by atoms with Crippen molar-refractivity contribution in [3.8, 4) is 5.75 Å². The third-order valence-corrected chi connectivity index (χ3v) is 3.41. The van der Waals surface area contributed by atoms with Crippen LogP contribution in [0.25, 0.3) is 0 Å². The first-order valence-electron chi connectivity index (χ1n) is 8.07. The van der Waals surface area contributed by atoms with Crippen molar-refractivity contribution in [2.45, 2.75) is 26.9 Å². The lowest BCUT2D eigenvalue weighted by atomic mass is 10.2. The van der Waals surface area contributed by atoms with E-state index in [1.54, 1.807) is 11.7 Å². The summed E-state index contributed by atoms with van der Waals surface area (Å²) in [6.45, 7) is 6.26. The van der Waals surface area contributed by atoms with E-state index < -0.39 is 0 Å². The van der Waals surface area contributed by atoms with Gasteiger partial charge in [0.05, 0.1) is 13.2 Å². The Hall–Kier alpha value is -1.84.